The van der Waals surface area contributed by atoms with E-state index in [2.05, 4.69) is 6.07 Å². The highest BCUT2D eigenvalue weighted by atomic mass is 19.4. The molecule has 0 atom stereocenters. The first kappa shape index (κ1) is 7.18. The van der Waals surface area contributed by atoms with Gasteiger partial charge in [-0.2, -0.15) is 13.2 Å². The first-order valence-electron chi connectivity index (χ1n) is 2.61. The predicted octanol–water partition coefficient (Wildman–Crippen LogP) is 1.84. The molecule has 0 spiro atoms. The summed E-state index contributed by atoms with van der Waals surface area (Å²) >= 11 is 0. The molecule has 55 valence electrons. The van der Waals surface area contributed by atoms with E-state index in [0.717, 1.165) is 10.6 Å². The SMILES string of the molecule is Cn1c[c]cc1C(F)(F)F. The summed E-state index contributed by atoms with van der Waals surface area (Å²) in [6.45, 7) is 0. The van der Waals surface area contributed by atoms with E-state index in [9.17, 15) is 13.2 Å². The van der Waals surface area contributed by atoms with E-state index in [4.69, 9.17) is 0 Å². The summed E-state index contributed by atoms with van der Waals surface area (Å²) in [5, 5.41) is 0. The summed E-state index contributed by atoms with van der Waals surface area (Å²) in [4.78, 5) is 0. The fraction of sp³-hybridized carbons (Fsp3) is 0.333. The molecule has 0 amide bonds. The second-order valence-corrected chi connectivity index (χ2v) is 1.93. The van der Waals surface area contributed by atoms with Crippen LogP contribution in [0.5, 0.6) is 0 Å². The third kappa shape index (κ3) is 1.15. The van der Waals surface area contributed by atoms with Crippen LogP contribution in [0, 0.1) is 6.07 Å². The van der Waals surface area contributed by atoms with Crippen LogP contribution in [0.1, 0.15) is 5.69 Å². The molecule has 10 heavy (non-hydrogen) atoms. The lowest BCUT2D eigenvalue weighted by molar-refractivity contribution is -0.143. The molecular formula is C6H5F3N. The monoisotopic (exact) mass is 148 g/mol. The standard InChI is InChI=1S/C6H5F3N/c1-10-4-2-3-5(10)6(7,8)9/h3-4H,1H3. The Morgan fingerprint density at radius 1 is 1.50 bits per heavy atom. The highest BCUT2D eigenvalue weighted by molar-refractivity contribution is 5.08. The molecule has 1 heterocycles. The number of hydrogen-bond donors (Lipinski definition) is 0. The van der Waals surface area contributed by atoms with Gasteiger partial charge in [0.25, 0.3) is 0 Å². The lowest BCUT2D eigenvalue weighted by atomic mass is 10.4. The van der Waals surface area contributed by atoms with Crippen LogP contribution < -0.4 is 0 Å². The fourth-order valence-corrected chi connectivity index (χ4v) is 0.681. The molecule has 0 aliphatic heterocycles. The molecule has 0 N–H and O–H groups in total. The summed E-state index contributed by atoms with van der Waals surface area (Å²) in [6, 6.07) is 3.26. The average Bonchev–Trinajstić information content (AvgIpc) is 2.11. The molecule has 0 saturated carbocycles. The van der Waals surface area contributed by atoms with E-state index >= 15 is 0 Å². The molecule has 0 fully saturated rings. The molecule has 0 unspecified atom stereocenters. The number of halogens is 3. The van der Waals surface area contributed by atoms with Crippen LogP contribution in [0.2, 0.25) is 0 Å². The molecule has 0 saturated heterocycles. The van der Waals surface area contributed by atoms with Gasteiger partial charge in [-0.1, -0.05) is 0 Å². The van der Waals surface area contributed by atoms with Crippen molar-refractivity contribution >= 4 is 0 Å². The second-order valence-electron chi connectivity index (χ2n) is 1.93. The van der Waals surface area contributed by atoms with Gasteiger partial charge in [0, 0.05) is 19.3 Å². The summed E-state index contributed by atoms with van der Waals surface area (Å²) in [6.07, 6.45) is -3.02. The number of aromatic nitrogens is 1. The minimum absolute atomic E-state index is 0.674. The van der Waals surface area contributed by atoms with E-state index in [0.29, 0.717) is 0 Å². The van der Waals surface area contributed by atoms with E-state index in [1.54, 1.807) is 0 Å². The molecule has 1 aromatic heterocycles. The third-order valence-electron chi connectivity index (χ3n) is 1.16. The van der Waals surface area contributed by atoms with Crippen LogP contribution in [0.4, 0.5) is 13.2 Å². The molecule has 1 nitrogen and oxygen atoms in total. The first-order chi connectivity index (χ1) is 4.52. The minimum atomic E-state index is -4.26. The molecule has 1 rings (SSSR count). The van der Waals surface area contributed by atoms with Gasteiger partial charge in [0.15, 0.2) is 0 Å². The summed E-state index contributed by atoms with van der Waals surface area (Å²) in [5.41, 5.74) is -0.674. The molecular weight excluding hydrogens is 143 g/mol. The molecule has 0 aliphatic rings. The van der Waals surface area contributed by atoms with E-state index in [1.807, 2.05) is 0 Å². The normalized spacial score (nSPS) is 12.0. The Hall–Kier alpha value is -0.930. The zero-order valence-corrected chi connectivity index (χ0v) is 5.24. The van der Waals surface area contributed by atoms with Crippen molar-refractivity contribution in [3.8, 4) is 0 Å². The van der Waals surface area contributed by atoms with Gasteiger partial charge in [0.05, 0.1) is 0 Å². The lowest BCUT2D eigenvalue weighted by Gasteiger charge is -2.05. The highest BCUT2D eigenvalue weighted by Gasteiger charge is 2.32. The van der Waals surface area contributed by atoms with Gasteiger partial charge in [-0.15, -0.1) is 0 Å². The Balaban J connectivity index is 3.05. The van der Waals surface area contributed by atoms with Gasteiger partial charge in [0.2, 0.25) is 0 Å². The van der Waals surface area contributed by atoms with Crippen molar-refractivity contribution in [2.24, 2.45) is 7.05 Å². The Kier molecular flexibility index (Phi) is 1.46. The topological polar surface area (TPSA) is 4.93 Å². The smallest absolute Gasteiger partial charge is 0.346 e. The summed E-state index contributed by atoms with van der Waals surface area (Å²) in [7, 11) is 1.33. The van der Waals surface area contributed by atoms with Crippen LogP contribution in [0.15, 0.2) is 12.3 Å². The van der Waals surface area contributed by atoms with Gasteiger partial charge < -0.3 is 4.57 Å². The number of aryl methyl sites for hydroxylation is 1. The van der Waals surface area contributed by atoms with Crippen molar-refractivity contribution < 1.29 is 13.2 Å². The van der Waals surface area contributed by atoms with Crippen LogP contribution in [0.25, 0.3) is 0 Å². The van der Waals surface area contributed by atoms with Gasteiger partial charge in [-0.25, -0.2) is 0 Å². The van der Waals surface area contributed by atoms with Gasteiger partial charge in [-0.05, 0) is 6.07 Å². The van der Waals surface area contributed by atoms with Crippen LogP contribution in [0.3, 0.4) is 0 Å². The molecule has 1 aromatic rings. The van der Waals surface area contributed by atoms with Crippen molar-refractivity contribution in [1.29, 1.82) is 0 Å². The predicted molar refractivity (Wildman–Crippen MR) is 29.3 cm³/mol. The Labute approximate surface area is 56.1 Å². The van der Waals surface area contributed by atoms with E-state index in [1.165, 1.54) is 13.2 Å². The van der Waals surface area contributed by atoms with Gasteiger partial charge >= 0.3 is 6.18 Å². The first-order valence-corrected chi connectivity index (χ1v) is 2.61. The van der Waals surface area contributed by atoms with Crippen molar-refractivity contribution in [3.63, 3.8) is 0 Å². The van der Waals surface area contributed by atoms with Crippen LogP contribution >= 0.6 is 0 Å². The van der Waals surface area contributed by atoms with Crippen molar-refractivity contribution in [3.05, 3.63) is 24.0 Å². The highest BCUT2D eigenvalue weighted by Crippen LogP contribution is 2.28. The number of rotatable bonds is 0. The van der Waals surface area contributed by atoms with E-state index in [-0.39, 0.29) is 0 Å². The summed E-state index contributed by atoms with van der Waals surface area (Å²) in [5.74, 6) is 0. The minimum Gasteiger partial charge on any atom is -0.346 e. The lowest BCUT2D eigenvalue weighted by Crippen LogP contribution is -2.09. The van der Waals surface area contributed by atoms with Crippen molar-refractivity contribution in [1.82, 2.24) is 4.57 Å². The molecule has 1 radical (unpaired) electrons. The van der Waals surface area contributed by atoms with Crippen molar-refractivity contribution in [2.75, 3.05) is 0 Å². The number of alkyl halides is 3. The summed E-state index contributed by atoms with van der Waals surface area (Å²) < 4.78 is 36.5. The van der Waals surface area contributed by atoms with Crippen LogP contribution in [-0.4, -0.2) is 4.57 Å². The van der Waals surface area contributed by atoms with E-state index < -0.39 is 11.9 Å². The molecule has 0 aromatic carbocycles. The number of hydrogen-bond acceptors (Lipinski definition) is 0. The number of nitrogens with zero attached hydrogens (tertiary/aromatic N) is 1. The Bertz CT molecular complexity index is 223. The zero-order valence-electron chi connectivity index (χ0n) is 5.24. The maximum absolute atomic E-state index is 11.8. The van der Waals surface area contributed by atoms with Crippen LogP contribution in [-0.2, 0) is 13.2 Å². The largest absolute Gasteiger partial charge is 0.431 e. The third-order valence-corrected chi connectivity index (χ3v) is 1.16. The zero-order chi connectivity index (χ0) is 7.78. The average molecular weight is 148 g/mol. The van der Waals surface area contributed by atoms with Gasteiger partial charge in [0.1, 0.15) is 5.69 Å². The second kappa shape index (κ2) is 2.04. The Morgan fingerprint density at radius 3 is 2.30 bits per heavy atom. The fourth-order valence-electron chi connectivity index (χ4n) is 0.681. The molecule has 0 bridgehead atoms. The molecule has 4 heteroatoms. The quantitative estimate of drug-likeness (QED) is 0.529. The Morgan fingerprint density at radius 2 is 2.10 bits per heavy atom. The maximum Gasteiger partial charge on any atom is 0.431 e. The maximum atomic E-state index is 11.8. The molecule has 0 aliphatic carbocycles. The van der Waals surface area contributed by atoms with Gasteiger partial charge in [-0.3, -0.25) is 0 Å². The van der Waals surface area contributed by atoms with Crippen molar-refractivity contribution in [2.45, 2.75) is 6.18 Å².